The van der Waals surface area contributed by atoms with E-state index in [0.717, 1.165) is 57.8 Å². The van der Waals surface area contributed by atoms with Crippen LogP contribution in [-0.4, -0.2) is 65.7 Å². The standard InChI is InChI=1S/C40H75O10P/c1-3-5-7-9-11-13-15-17-18-20-21-23-25-27-29-31-39(43)47-35-38(36-49-51(45,46)48-34-37(42)33-41)50-40(44)32-30-28-26-24-22-19-16-14-12-10-8-6-4-2/h17-19,22,37-38,41-42H,3-16,20-21,23-36H2,1-2H3,(H,45,46)/b18-17+,22-19+/t37-,38+/m0/s1. The van der Waals surface area contributed by atoms with Crippen molar-refractivity contribution in [1.29, 1.82) is 0 Å². The fraction of sp³-hybridized carbons (Fsp3) is 0.850. The van der Waals surface area contributed by atoms with Crippen molar-refractivity contribution in [3.8, 4) is 0 Å². The van der Waals surface area contributed by atoms with Gasteiger partial charge in [0.2, 0.25) is 0 Å². The van der Waals surface area contributed by atoms with Gasteiger partial charge in [0.15, 0.2) is 6.10 Å². The molecule has 0 saturated carbocycles. The minimum atomic E-state index is -4.62. The monoisotopic (exact) mass is 747 g/mol. The summed E-state index contributed by atoms with van der Waals surface area (Å²) >= 11 is 0. The number of hydrogen-bond donors (Lipinski definition) is 3. The lowest BCUT2D eigenvalue weighted by atomic mass is 10.1. The minimum Gasteiger partial charge on any atom is -0.462 e. The molecule has 0 radical (unpaired) electrons. The average molecular weight is 747 g/mol. The molecule has 0 bridgehead atoms. The fourth-order valence-electron chi connectivity index (χ4n) is 5.39. The van der Waals surface area contributed by atoms with E-state index in [1.54, 1.807) is 0 Å². The summed E-state index contributed by atoms with van der Waals surface area (Å²) in [6.45, 7) is 2.33. The Morgan fingerprint density at radius 1 is 0.569 bits per heavy atom. The maximum Gasteiger partial charge on any atom is 0.472 e. The van der Waals surface area contributed by atoms with Crippen LogP contribution in [0.2, 0.25) is 0 Å². The molecule has 0 aromatic heterocycles. The smallest absolute Gasteiger partial charge is 0.462 e. The van der Waals surface area contributed by atoms with Gasteiger partial charge >= 0.3 is 19.8 Å². The Balaban J connectivity index is 4.36. The number of phosphoric ester groups is 1. The van der Waals surface area contributed by atoms with Gasteiger partial charge in [-0.25, -0.2) is 4.57 Å². The third-order valence-electron chi connectivity index (χ3n) is 8.58. The molecular formula is C40H75O10P. The van der Waals surface area contributed by atoms with E-state index in [1.165, 1.54) is 83.5 Å². The summed E-state index contributed by atoms with van der Waals surface area (Å²) in [6, 6.07) is 0. The molecule has 10 nitrogen and oxygen atoms in total. The molecule has 11 heteroatoms. The van der Waals surface area contributed by atoms with Crippen LogP contribution in [0.3, 0.4) is 0 Å². The number of hydrogen-bond acceptors (Lipinski definition) is 9. The predicted octanol–water partition coefficient (Wildman–Crippen LogP) is 10.2. The highest BCUT2D eigenvalue weighted by molar-refractivity contribution is 7.47. The Morgan fingerprint density at radius 2 is 0.961 bits per heavy atom. The Labute approximate surface area is 310 Å². The van der Waals surface area contributed by atoms with Crippen molar-refractivity contribution in [3.63, 3.8) is 0 Å². The first-order chi connectivity index (χ1) is 24.7. The topological polar surface area (TPSA) is 149 Å². The zero-order chi connectivity index (χ0) is 37.7. The molecule has 0 aromatic carbocycles. The molecule has 0 rings (SSSR count). The van der Waals surface area contributed by atoms with Crippen molar-refractivity contribution in [2.45, 2.75) is 193 Å². The molecule has 0 amide bonds. The maximum absolute atomic E-state index is 12.5. The van der Waals surface area contributed by atoms with Crippen LogP contribution in [0.4, 0.5) is 0 Å². The van der Waals surface area contributed by atoms with Crippen molar-refractivity contribution in [2.75, 3.05) is 26.4 Å². The van der Waals surface area contributed by atoms with Gasteiger partial charge in [-0.2, -0.15) is 0 Å². The van der Waals surface area contributed by atoms with Crippen molar-refractivity contribution in [3.05, 3.63) is 24.3 Å². The first-order valence-corrected chi connectivity index (χ1v) is 21.8. The van der Waals surface area contributed by atoms with E-state index in [2.05, 4.69) is 42.7 Å². The van der Waals surface area contributed by atoms with Crippen LogP contribution in [0.5, 0.6) is 0 Å². The Bertz CT molecular complexity index is 910. The molecular weight excluding hydrogens is 671 g/mol. The predicted molar refractivity (Wildman–Crippen MR) is 205 cm³/mol. The van der Waals surface area contributed by atoms with Gasteiger partial charge in [-0.1, -0.05) is 128 Å². The molecule has 300 valence electrons. The average Bonchev–Trinajstić information content (AvgIpc) is 3.12. The third kappa shape index (κ3) is 36.6. The van der Waals surface area contributed by atoms with Gasteiger partial charge in [-0.3, -0.25) is 18.6 Å². The lowest BCUT2D eigenvalue weighted by Gasteiger charge is -2.20. The van der Waals surface area contributed by atoms with Crippen LogP contribution < -0.4 is 0 Å². The minimum absolute atomic E-state index is 0.164. The summed E-state index contributed by atoms with van der Waals surface area (Å²) in [6.07, 6.45) is 34.3. The van der Waals surface area contributed by atoms with Gasteiger partial charge in [0, 0.05) is 12.8 Å². The molecule has 0 aliphatic carbocycles. The summed E-state index contributed by atoms with van der Waals surface area (Å²) < 4.78 is 32.6. The Hall–Kier alpha value is -1.55. The molecule has 51 heavy (non-hydrogen) atoms. The molecule has 0 aromatic rings. The number of aliphatic hydroxyl groups excluding tert-OH is 2. The second kappa shape index (κ2) is 36.8. The second-order valence-corrected chi connectivity index (χ2v) is 15.1. The Morgan fingerprint density at radius 3 is 1.43 bits per heavy atom. The first-order valence-electron chi connectivity index (χ1n) is 20.3. The van der Waals surface area contributed by atoms with Gasteiger partial charge in [0.1, 0.15) is 12.7 Å². The van der Waals surface area contributed by atoms with Gasteiger partial charge in [-0.05, 0) is 64.2 Å². The normalized spacial score (nSPS) is 14.2. The summed E-state index contributed by atoms with van der Waals surface area (Å²) in [5.41, 5.74) is 0. The van der Waals surface area contributed by atoms with E-state index in [-0.39, 0.29) is 19.4 Å². The van der Waals surface area contributed by atoms with Gasteiger partial charge in [0.05, 0.1) is 19.8 Å². The number of phosphoric acid groups is 1. The van der Waals surface area contributed by atoms with Crippen LogP contribution in [0.25, 0.3) is 0 Å². The number of aliphatic hydroxyl groups is 2. The van der Waals surface area contributed by atoms with E-state index in [4.69, 9.17) is 19.1 Å². The number of unbranched alkanes of at least 4 members (excludes halogenated alkanes) is 20. The van der Waals surface area contributed by atoms with Gasteiger partial charge < -0.3 is 24.6 Å². The maximum atomic E-state index is 12.5. The molecule has 1 unspecified atom stereocenters. The van der Waals surface area contributed by atoms with Crippen LogP contribution in [0.1, 0.15) is 181 Å². The van der Waals surface area contributed by atoms with E-state index < -0.39 is 51.8 Å². The lowest BCUT2D eigenvalue weighted by molar-refractivity contribution is -0.161. The van der Waals surface area contributed by atoms with Crippen molar-refractivity contribution in [2.24, 2.45) is 0 Å². The third-order valence-corrected chi connectivity index (χ3v) is 9.53. The summed E-state index contributed by atoms with van der Waals surface area (Å²) in [5.74, 6) is -0.951. The molecule has 0 heterocycles. The highest BCUT2D eigenvalue weighted by Crippen LogP contribution is 2.43. The molecule has 3 atom stereocenters. The number of rotatable bonds is 38. The lowest BCUT2D eigenvalue weighted by Crippen LogP contribution is -2.29. The van der Waals surface area contributed by atoms with Crippen LogP contribution >= 0.6 is 7.82 Å². The SMILES string of the molecule is CCCCCCCC/C=C/CCCCCCCC(=O)OC[C@H](COP(=O)(O)OC[C@@H](O)CO)OC(=O)CCCCC/C=C/CCCCCCCC. The van der Waals surface area contributed by atoms with Crippen LogP contribution in [0, 0.1) is 0 Å². The molecule has 0 fully saturated rings. The van der Waals surface area contributed by atoms with Crippen LogP contribution in [0.15, 0.2) is 24.3 Å². The van der Waals surface area contributed by atoms with E-state index in [1.807, 2.05) is 0 Å². The highest BCUT2D eigenvalue weighted by Gasteiger charge is 2.27. The largest absolute Gasteiger partial charge is 0.472 e. The van der Waals surface area contributed by atoms with Crippen molar-refractivity contribution in [1.82, 2.24) is 0 Å². The summed E-state index contributed by atoms with van der Waals surface area (Å²) in [7, 11) is -4.62. The molecule has 3 N–H and O–H groups in total. The highest BCUT2D eigenvalue weighted by atomic mass is 31.2. The van der Waals surface area contributed by atoms with E-state index in [0.29, 0.717) is 12.8 Å². The zero-order valence-electron chi connectivity index (χ0n) is 32.3. The zero-order valence-corrected chi connectivity index (χ0v) is 33.2. The fourth-order valence-corrected chi connectivity index (χ4v) is 6.18. The van der Waals surface area contributed by atoms with E-state index in [9.17, 15) is 24.2 Å². The first kappa shape index (κ1) is 49.5. The number of esters is 2. The number of ether oxygens (including phenoxy) is 2. The summed E-state index contributed by atoms with van der Waals surface area (Å²) in [4.78, 5) is 34.9. The summed E-state index contributed by atoms with van der Waals surface area (Å²) in [5, 5.41) is 18.3. The number of carbonyl (C=O) groups is 2. The van der Waals surface area contributed by atoms with Gasteiger partial charge in [-0.15, -0.1) is 0 Å². The number of carbonyl (C=O) groups excluding carboxylic acids is 2. The Kier molecular flexibility index (Phi) is 35.7. The van der Waals surface area contributed by atoms with Crippen molar-refractivity contribution < 1.29 is 47.8 Å². The van der Waals surface area contributed by atoms with Crippen LogP contribution in [-0.2, 0) is 32.7 Å². The quantitative estimate of drug-likeness (QED) is 0.0241. The van der Waals surface area contributed by atoms with E-state index >= 15 is 0 Å². The molecule has 0 spiro atoms. The molecule has 0 aliphatic heterocycles. The molecule has 0 aliphatic rings. The molecule has 0 saturated heterocycles. The van der Waals surface area contributed by atoms with Gasteiger partial charge in [0.25, 0.3) is 0 Å². The van der Waals surface area contributed by atoms with Crippen molar-refractivity contribution >= 4 is 19.8 Å². The second-order valence-electron chi connectivity index (χ2n) is 13.7. The number of allylic oxidation sites excluding steroid dienone is 4.